The predicted octanol–water partition coefficient (Wildman–Crippen LogP) is 4.00. The van der Waals surface area contributed by atoms with Crippen LogP contribution in [0.3, 0.4) is 0 Å². The second-order valence-corrected chi connectivity index (χ2v) is 57.5. The van der Waals surface area contributed by atoms with Crippen molar-refractivity contribution in [2.45, 2.75) is 0 Å². The normalized spacial score (nSPS) is 83.9. The zero-order valence-electron chi connectivity index (χ0n) is 2.94. The van der Waals surface area contributed by atoms with Crippen molar-refractivity contribution >= 4 is 57.8 Å². The summed E-state index contributed by atoms with van der Waals surface area (Å²) in [5.41, 5.74) is 0. The van der Waals surface area contributed by atoms with Crippen LogP contribution in [-0.4, -0.2) is 0 Å². The minimum Gasteiger partial charge on any atom is -0.0997 e. The maximum atomic E-state index is 4.78. The summed E-state index contributed by atoms with van der Waals surface area (Å²) in [5, 5.41) is 0. The minimum absolute atomic E-state index is 0.823. The monoisotopic (exact) mass is 226 g/mol. The van der Waals surface area contributed by atoms with Crippen molar-refractivity contribution in [3.63, 3.8) is 0 Å². The van der Waals surface area contributed by atoms with Crippen molar-refractivity contribution in [1.29, 1.82) is 0 Å². The van der Waals surface area contributed by atoms with Gasteiger partial charge in [0.15, 0.2) is 0 Å². The third kappa shape index (κ3) is 0.138. The van der Waals surface area contributed by atoms with Gasteiger partial charge in [-0.05, 0) is 41.8 Å². The van der Waals surface area contributed by atoms with Gasteiger partial charge in [0, 0.05) is 0 Å². The van der Waals surface area contributed by atoms with E-state index in [2.05, 4.69) is 39.3 Å². The van der Waals surface area contributed by atoms with Crippen LogP contribution >= 0.6 is 57.8 Å². The Morgan fingerprint density at radius 3 is 1.29 bits per heavy atom. The van der Waals surface area contributed by atoms with E-state index in [-0.39, 0.29) is 0 Å². The molecule has 4 rings (SSSR count). The Hall–Kier alpha value is 2.45. The van der Waals surface area contributed by atoms with Gasteiger partial charge in [0.05, 0.1) is 0 Å². The zero-order chi connectivity index (χ0) is 4.68. The molecule has 0 nitrogen and oxygen atoms in total. The Balaban J connectivity index is 2.54. The van der Waals surface area contributed by atoms with Crippen LogP contribution in [0.15, 0.2) is 0 Å². The SMILES string of the molecule is SS1234S[SH]1(S2)(S3)S4. The van der Waals surface area contributed by atoms with Gasteiger partial charge in [0.25, 0.3) is 0 Å². The van der Waals surface area contributed by atoms with E-state index in [0.717, 1.165) is 0 Å². The molecule has 0 atom stereocenters. The molecule has 0 spiro atoms. The highest BCUT2D eigenvalue weighted by atomic mass is 35.5. The fourth-order valence-electron chi connectivity index (χ4n) is 1.01. The largest absolute Gasteiger partial charge is 0.0997 e. The summed E-state index contributed by atoms with van der Waals surface area (Å²) in [5.74, 6) is 0. The van der Waals surface area contributed by atoms with E-state index >= 15 is 0 Å². The summed E-state index contributed by atoms with van der Waals surface area (Å²) >= 11 is 4.78. The molecule has 4 heterocycles. The van der Waals surface area contributed by atoms with Crippen molar-refractivity contribution in [2.75, 3.05) is 0 Å². The molecule has 4 saturated heterocycles. The topological polar surface area (TPSA) is 0 Å². The molecule has 0 N–H and O–H groups in total. The number of thiol groups is 2. The third-order valence-electron chi connectivity index (χ3n) is 1.66. The van der Waals surface area contributed by atoms with Crippen LogP contribution in [0.25, 0.3) is 0 Å². The molecule has 7 heteroatoms. The fourth-order valence-corrected chi connectivity index (χ4v) is 216. The molecule has 4 aliphatic rings. The maximum Gasteiger partial charge on any atom is -0.0141 e. The summed E-state index contributed by atoms with van der Waals surface area (Å²) < 4.78 is -2.09. The van der Waals surface area contributed by atoms with Gasteiger partial charge < -0.3 is 0 Å². The first-order chi connectivity index (χ1) is 3.01. The molecule has 0 aromatic heterocycles. The van der Waals surface area contributed by atoms with E-state index in [1.807, 2.05) is 0 Å². The molecule has 0 amide bonds. The molecule has 4 fully saturated rings. The Labute approximate surface area is 57.0 Å². The van der Waals surface area contributed by atoms with Crippen LogP contribution in [-0.2, 0) is 0 Å². The van der Waals surface area contributed by atoms with E-state index in [4.69, 9.17) is 11.7 Å². The minimum atomic E-state index is -1.27. The van der Waals surface area contributed by atoms with Crippen LogP contribution in [0.1, 0.15) is 0 Å². The Bertz CT molecular complexity index is 219. The molecular weight excluding hydrogens is 224 g/mol. The number of rotatable bonds is 0. The molecule has 0 radical (unpaired) electrons. The van der Waals surface area contributed by atoms with Gasteiger partial charge in [-0.25, -0.2) is 0 Å². The summed E-state index contributed by atoms with van der Waals surface area (Å²) in [4.78, 5) is 0. The van der Waals surface area contributed by atoms with E-state index in [1.54, 1.807) is 0 Å². The fraction of sp³-hybridized carbons (Fsp3) is 0. The lowest BCUT2D eigenvalue weighted by molar-refractivity contribution is 5.12. The van der Waals surface area contributed by atoms with E-state index in [1.165, 1.54) is 0 Å². The quantitative estimate of drug-likeness (QED) is 0.364. The zero-order valence-corrected chi connectivity index (χ0v) is 8.81. The maximum absolute atomic E-state index is 4.78. The number of hydrogen-bond donors (Lipinski definition) is 2. The molecule has 4 aliphatic heterocycles. The summed E-state index contributed by atoms with van der Waals surface area (Å²) in [7, 11) is 9.13. The first kappa shape index (κ1) is 4.35. The van der Waals surface area contributed by atoms with Crippen molar-refractivity contribution in [1.82, 2.24) is 0 Å². The molecule has 0 aromatic rings. The average molecular weight is 226 g/mol. The molecule has 0 bridgehead atoms. The van der Waals surface area contributed by atoms with Gasteiger partial charge in [-0.2, -0.15) is 0 Å². The Morgan fingerprint density at radius 2 is 1.29 bits per heavy atom. The van der Waals surface area contributed by atoms with Gasteiger partial charge in [-0.1, -0.05) is 16.0 Å². The van der Waals surface area contributed by atoms with Gasteiger partial charge in [-0.15, -0.1) is 0 Å². The molecule has 0 aliphatic carbocycles. The lowest BCUT2D eigenvalue weighted by atomic mass is 29.6. The second-order valence-electron chi connectivity index (χ2n) is 2.13. The standard InChI is InChI=1S/H2S7/c1-7-2-6(7,3-7,4-7)5-7/h1,6H. The van der Waals surface area contributed by atoms with E-state index < -0.39 is 6.81 Å². The molecular formula is H2S7. The second kappa shape index (κ2) is 0.474. The smallest absolute Gasteiger partial charge is 0.0141 e. The molecule has 0 unspecified atom stereocenters. The van der Waals surface area contributed by atoms with Crippen molar-refractivity contribution < 1.29 is 0 Å². The van der Waals surface area contributed by atoms with Gasteiger partial charge >= 0.3 is 0 Å². The summed E-state index contributed by atoms with van der Waals surface area (Å²) in [6.45, 7) is 0. The lowest BCUT2D eigenvalue weighted by Gasteiger charge is -2.50. The van der Waals surface area contributed by atoms with Gasteiger partial charge in [0.2, 0.25) is 0 Å². The summed E-state index contributed by atoms with van der Waals surface area (Å²) in [6, 6.07) is 0. The van der Waals surface area contributed by atoms with Gasteiger partial charge in [0.1, 0.15) is 0 Å². The highest BCUT2D eigenvalue weighted by molar-refractivity contribution is 11.1. The van der Waals surface area contributed by atoms with Crippen LogP contribution in [0.5, 0.6) is 0 Å². The van der Waals surface area contributed by atoms with Crippen molar-refractivity contribution in [2.24, 2.45) is 0 Å². The molecule has 44 valence electrons. The first-order valence-corrected chi connectivity index (χ1v) is 15.9. The van der Waals surface area contributed by atoms with Crippen molar-refractivity contribution in [3.05, 3.63) is 0 Å². The van der Waals surface area contributed by atoms with Crippen LogP contribution in [0.2, 0.25) is 0 Å². The highest BCUT2D eigenvalue weighted by Crippen LogP contribution is 4.11. The predicted molar refractivity (Wildman–Crippen MR) is 55.9 cm³/mol. The molecule has 7 heavy (non-hydrogen) atoms. The van der Waals surface area contributed by atoms with Gasteiger partial charge in [-0.3, -0.25) is 0 Å². The Kier molecular flexibility index (Phi) is 0.295. The first-order valence-electron chi connectivity index (χ1n) is 1.76. The van der Waals surface area contributed by atoms with E-state index in [0.29, 0.717) is 0 Å². The van der Waals surface area contributed by atoms with Crippen LogP contribution < -0.4 is 0 Å². The summed E-state index contributed by atoms with van der Waals surface area (Å²) in [6.07, 6.45) is 0. The van der Waals surface area contributed by atoms with E-state index in [9.17, 15) is 0 Å². The lowest BCUT2D eigenvalue weighted by Crippen LogP contribution is -1.82. The van der Waals surface area contributed by atoms with Crippen molar-refractivity contribution in [3.8, 4) is 0 Å². The molecule has 0 aromatic carbocycles. The van der Waals surface area contributed by atoms with Crippen LogP contribution in [0.4, 0.5) is 0 Å². The Morgan fingerprint density at radius 1 is 1.14 bits per heavy atom. The average Bonchev–Trinajstić information content (AvgIpc) is 1.69. The third-order valence-corrected chi connectivity index (χ3v) is 118. The molecule has 0 saturated carbocycles. The highest BCUT2D eigenvalue weighted by Gasteiger charge is 3.43. The number of hydrogen-bond acceptors (Lipinski definition) is 5. The van der Waals surface area contributed by atoms with Crippen LogP contribution in [0, 0.1) is 0 Å².